The van der Waals surface area contributed by atoms with Gasteiger partial charge >= 0.3 is 6.03 Å². The zero-order chi connectivity index (χ0) is 26.8. The lowest BCUT2D eigenvalue weighted by molar-refractivity contribution is 0.114. The number of fused-ring (bicyclic) bond motifs is 1. The molecule has 1 fully saturated rings. The summed E-state index contributed by atoms with van der Waals surface area (Å²) in [4.78, 5) is 28.2. The molecule has 3 heterocycles. The van der Waals surface area contributed by atoms with Gasteiger partial charge in [0.05, 0.1) is 29.0 Å². The van der Waals surface area contributed by atoms with Crippen LogP contribution < -0.4 is 21.4 Å². The summed E-state index contributed by atoms with van der Waals surface area (Å²) in [5, 5.41) is 3.90. The van der Waals surface area contributed by atoms with Gasteiger partial charge in [0.15, 0.2) is 0 Å². The number of amides is 2. The highest BCUT2D eigenvalue weighted by Gasteiger charge is 2.23. The van der Waals surface area contributed by atoms with Gasteiger partial charge in [0, 0.05) is 54.2 Å². The number of anilines is 2. The molecule has 1 aliphatic heterocycles. The Kier molecular flexibility index (Phi) is 7.42. The minimum absolute atomic E-state index is 0.152. The van der Waals surface area contributed by atoms with Crippen molar-refractivity contribution >= 4 is 39.9 Å². The van der Waals surface area contributed by atoms with Gasteiger partial charge in [0.2, 0.25) is 0 Å². The molecule has 4 N–H and O–H groups in total. The molecule has 38 heavy (non-hydrogen) atoms. The summed E-state index contributed by atoms with van der Waals surface area (Å²) < 4.78 is 14.5. The van der Waals surface area contributed by atoms with E-state index in [0.29, 0.717) is 11.3 Å². The Morgan fingerprint density at radius 3 is 2.63 bits per heavy atom. The maximum atomic E-state index is 14.5. The number of carbonyl (C=O) groups excluding carboxylic acids is 1. The first-order valence-electron chi connectivity index (χ1n) is 12.3. The highest BCUT2D eigenvalue weighted by atomic mass is 35.5. The first kappa shape index (κ1) is 25.8. The molecule has 4 aromatic rings. The molecule has 0 saturated carbocycles. The highest BCUT2D eigenvalue weighted by molar-refractivity contribution is 6.34. The zero-order valence-corrected chi connectivity index (χ0v) is 21.8. The largest absolute Gasteiger partial charge is 0.370 e. The van der Waals surface area contributed by atoms with Gasteiger partial charge in [-0.25, -0.2) is 14.7 Å². The van der Waals surface area contributed by atoms with Crippen LogP contribution in [0.15, 0.2) is 55.0 Å². The van der Waals surface area contributed by atoms with Crippen LogP contribution in [-0.2, 0) is 4.84 Å². The molecule has 1 saturated heterocycles. The number of hydroxylamine groups is 1. The van der Waals surface area contributed by atoms with Gasteiger partial charge < -0.3 is 16.0 Å². The van der Waals surface area contributed by atoms with Crippen LogP contribution in [0.3, 0.4) is 0 Å². The van der Waals surface area contributed by atoms with Crippen molar-refractivity contribution in [1.82, 2.24) is 15.4 Å². The number of hydrogen-bond acceptors (Lipinski definition) is 6. The second-order valence-corrected chi connectivity index (χ2v) is 9.81. The van der Waals surface area contributed by atoms with Gasteiger partial charge in [-0.2, -0.15) is 0 Å². The van der Waals surface area contributed by atoms with E-state index in [1.54, 1.807) is 6.20 Å². The second-order valence-electron chi connectivity index (χ2n) is 9.40. The molecule has 196 valence electrons. The number of aryl methyl sites for hydroxylation is 1. The number of aromatic nitrogens is 2. The van der Waals surface area contributed by atoms with Gasteiger partial charge in [0.25, 0.3) is 0 Å². The van der Waals surface area contributed by atoms with Crippen molar-refractivity contribution in [3.05, 3.63) is 71.4 Å². The first-order chi connectivity index (χ1) is 18.3. The molecule has 5 rings (SSSR count). The Morgan fingerprint density at radius 1 is 1.11 bits per heavy atom. The van der Waals surface area contributed by atoms with Crippen molar-refractivity contribution in [3.63, 3.8) is 0 Å². The Bertz CT molecular complexity index is 1490. The molecular weight excluding hydrogens is 507 g/mol. The molecule has 0 aliphatic carbocycles. The normalized spacial score (nSPS) is 14.1. The van der Waals surface area contributed by atoms with Crippen molar-refractivity contribution in [2.75, 3.05) is 30.4 Å². The van der Waals surface area contributed by atoms with Gasteiger partial charge in [-0.3, -0.25) is 14.8 Å². The number of nitrogens with zero attached hydrogens (tertiary/aromatic N) is 3. The molecule has 0 bridgehead atoms. The number of rotatable bonds is 5. The summed E-state index contributed by atoms with van der Waals surface area (Å²) in [7, 11) is 1.34. The van der Waals surface area contributed by atoms with Crippen LogP contribution in [0.2, 0.25) is 5.02 Å². The van der Waals surface area contributed by atoms with Crippen molar-refractivity contribution in [3.8, 4) is 22.3 Å². The van der Waals surface area contributed by atoms with Crippen LogP contribution in [0, 0.1) is 12.7 Å². The van der Waals surface area contributed by atoms with E-state index in [4.69, 9.17) is 27.2 Å². The third kappa shape index (κ3) is 5.26. The maximum absolute atomic E-state index is 14.5. The van der Waals surface area contributed by atoms with Gasteiger partial charge in [0.1, 0.15) is 5.82 Å². The molecule has 8 nitrogen and oxygen atoms in total. The fraction of sp³-hybridized carbons (Fsp3) is 0.250. The van der Waals surface area contributed by atoms with Crippen LogP contribution in [0.25, 0.3) is 33.2 Å². The van der Waals surface area contributed by atoms with E-state index in [1.165, 1.54) is 25.4 Å². The van der Waals surface area contributed by atoms with E-state index in [2.05, 4.69) is 20.7 Å². The molecular formula is C28H28ClFN6O2. The molecule has 0 spiro atoms. The van der Waals surface area contributed by atoms with E-state index in [1.807, 2.05) is 37.4 Å². The Balaban J connectivity index is 1.71. The average molecular weight is 535 g/mol. The third-order valence-electron chi connectivity index (χ3n) is 6.69. The van der Waals surface area contributed by atoms with E-state index >= 15 is 0 Å². The first-order valence-corrected chi connectivity index (χ1v) is 12.7. The van der Waals surface area contributed by atoms with Crippen molar-refractivity contribution in [1.29, 1.82) is 0 Å². The topological polar surface area (TPSA) is 105 Å². The molecule has 10 heteroatoms. The van der Waals surface area contributed by atoms with Gasteiger partial charge in [-0.15, -0.1) is 0 Å². The summed E-state index contributed by atoms with van der Waals surface area (Å²) in [6, 6.07) is 10.4. The zero-order valence-electron chi connectivity index (χ0n) is 21.1. The predicted molar refractivity (Wildman–Crippen MR) is 149 cm³/mol. The SMILES string of the molecule is CONC(=O)Nc1c(Cl)cncc1-c1ccc2ncc(-c3cc(C)cc(F)c3)c(N3CCC(N)CC3)c2c1. The van der Waals surface area contributed by atoms with Crippen molar-refractivity contribution in [2.24, 2.45) is 5.73 Å². The monoisotopic (exact) mass is 534 g/mol. The van der Waals surface area contributed by atoms with E-state index in [0.717, 1.165) is 64.8 Å². The third-order valence-corrected chi connectivity index (χ3v) is 6.98. The number of carbonyl (C=O) groups is 1. The minimum atomic E-state index is -0.571. The van der Waals surface area contributed by atoms with Crippen LogP contribution in [0.5, 0.6) is 0 Å². The number of nitrogens with one attached hydrogen (secondary N) is 2. The fourth-order valence-corrected chi connectivity index (χ4v) is 5.13. The molecule has 2 aromatic carbocycles. The van der Waals surface area contributed by atoms with E-state index < -0.39 is 6.03 Å². The summed E-state index contributed by atoms with van der Waals surface area (Å²) in [6.07, 6.45) is 6.62. The van der Waals surface area contributed by atoms with E-state index in [-0.39, 0.29) is 16.9 Å². The number of nitrogens with two attached hydrogens (primary N) is 1. The number of pyridine rings is 2. The van der Waals surface area contributed by atoms with E-state index in [9.17, 15) is 9.18 Å². The summed E-state index contributed by atoms with van der Waals surface area (Å²) in [5.41, 5.74) is 14.4. The molecule has 0 radical (unpaired) electrons. The smallest absolute Gasteiger partial charge is 0.343 e. The molecule has 0 atom stereocenters. The quantitative estimate of drug-likeness (QED) is 0.285. The summed E-state index contributed by atoms with van der Waals surface area (Å²) in [5.74, 6) is -0.296. The number of benzene rings is 2. The summed E-state index contributed by atoms with van der Waals surface area (Å²) >= 11 is 6.43. The lowest BCUT2D eigenvalue weighted by atomic mass is 9.95. The lowest BCUT2D eigenvalue weighted by Crippen LogP contribution is -2.40. The predicted octanol–water partition coefficient (Wildman–Crippen LogP) is 5.68. The number of halogens is 2. The van der Waals surface area contributed by atoms with Gasteiger partial charge in [-0.05, 0) is 60.7 Å². The standard InChI is InChI=1S/C28H28ClFN6O2/c1-16-9-18(11-19(30)10-16)23-14-33-25-4-3-17(12-21(25)27(23)36-7-5-20(31)6-8-36)22-13-32-15-24(29)26(22)34-28(37)35-38-2/h3-4,9-15,20H,5-8,31H2,1-2H3,(H2,32,34,35,37). The molecule has 2 amide bonds. The van der Waals surface area contributed by atoms with Crippen LogP contribution in [0.4, 0.5) is 20.6 Å². The Morgan fingerprint density at radius 2 is 1.89 bits per heavy atom. The Hall–Kier alpha value is -3.79. The van der Waals surface area contributed by atoms with Crippen molar-refractivity contribution in [2.45, 2.75) is 25.8 Å². The molecule has 1 aliphatic rings. The number of urea groups is 1. The Labute approximate surface area is 224 Å². The minimum Gasteiger partial charge on any atom is -0.370 e. The number of piperidine rings is 1. The molecule has 2 aromatic heterocycles. The maximum Gasteiger partial charge on any atom is 0.343 e. The highest BCUT2D eigenvalue weighted by Crippen LogP contribution is 2.41. The second kappa shape index (κ2) is 10.9. The average Bonchev–Trinajstić information content (AvgIpc) is 2.89. The fourth-order valence-electron chi connectivity index (χ4n) is 4.93. The van der Waals surface area contributed by atoms with Gasteiger partial charge in [-0.1, -0.05) is 23.7 Å². The van der Waals surface area contributed by atoms with Crippen molar-refractivity contribution < 1.29 is 14.0 Å². The number of hydrogen-bond donors (Lipinski definition) is 3. The van der Waals surface area contributed by atoms with Crippen LogP contribution in [-0.4, -0.2) is 42.2 Å². The summed E-state index contributed by atoms with van der Waals surface area (Å²) in [6.45, 7) is 3.42. The van der Waals surface area contributed by atoms with Crippen LogP contribution >= 0.6 is 11.6 Å². The lowest BCUT2D eigenvalue weighted by Gasteiger charge is -2.34. The van der Waals surface area contributed by atoms with Crippen LogP contribution in [0.1, 0.15) is 18.4 Å². The molecule has 0 unspecified atom stereocenters.